The van der Waals surface area contributed by atoms with Gasteiger partial charge in [0, 0.05) is 30.5 Å². The van der Waals surface area contributed by atoms with Crippen LogP contribution in [0.25, 0.3) is 10.9 Å². The number of methoxy groups -OCH3 is 2. The standard InChI is InChI=1S/C22H28N6O3/c1-14(11-28-13-24-12-25-28)22(29)27-6-4-15(5-7-27)21-17(23)8-16-9-19(30-2)20(31-3)10-18(16)26-21/h8-10,12-15H,4-7,11,23H2,1-3H3/t14-/m0/s1. The number of hydrogen-bond acceptors (Lipinski definition) is 7. The second kappa shape index (κ2) is 8.79. The molecule has 1 aromatic carbocycles. The molecule has 0 unspecified atom stereocenters. The number of nitrogen functional groups attached to an aromatic ring is 1. The molecule has 1 aliphatic heterocycles. The Kier molecular flexibility index (Phi) is 5.92. The smallest absolute Gasteiger partial charge is 0.227 e. The van der Waals surface area contributed by atoms with Gasteiger partial charge in [0.15, 0.2) is 11.5 Å². The van der Waals surface area contributed by atoms with E-state index in [9.17, 15) is 4.79 Å². The van der Waals surface area contributed by atoms with Gasteiger partial charge in [-0.3, -0.25) is 14.5 Å². The largest absolute Gasteiger partial charge is 0.493 e. The number of carbonyl (C=O) groups is 1. The van der Waals surface area contributed by atoms with E-state index in [2.05, 4.69) is 10.1 Å². The molecule has 1 fully saturated rings. The minimum absolute atomic E-state index is 0.144. The normalized spacial score (nSPS) is 15.8. The zero-order chi connectivity index (χ0) is 22.0. The number of amides is 1. The number of ether oxygens (including phenoxy) is 2. The van der Waals surface area contributed by atoms with Gasteiger partial charge in [0.2, 0.25) is 5.91 Å². The predicted octanol–water partition coefficient (Wildman–Crippen LogP) is 2.47. The van der Waals surface area contributed by atoms with Crippen LogP contribution < -0.4 is 15.2 Å². The summed E-state index contributed by atoms with van der Waals surface area (Å²) in [6.07, 6.45) is 4.78. The number of benzene rings is 1. The summed E-state index contributed by atoms with van der Waals surface area (Å²) < 4.78 is 12.5. The zero-order valence-corrected chi connectivity index (χ0v) is 18.1. The third-order valence-corrected chi connectivity index (χ3v) is 5.92. The molecule has 31 heavy (non-hydrogen) atoms. The fourth-order valence-corrected chi connectivity index (χ4v) is 4.23. The average Bonchev–Trinajstić information content (AvgIpc) is 3.30. The monoisotopic (exact) mass is 424 g/mol. The van der Waals surface area contributed by atoms with Gasteiger partial charge in [-0.1, -0.05) is 6.92 Å². The summed E-state index contributed by atoms with van der Waals surface area (Å²) in [5, 5.41) is 5.00. The summed E-state index contributed by atoms with van der Waals surface area (Å²) in [7, 11) is 3.22. The maximum absolute atomic E-state index is 12.8. The minimum Gasteiger partial charge on any atom is -0.493 e. The summed E-state index contributed by atoms with van der Waals surface area (Å²) in [4.78, 5) is 23.6. The van der Waals surface area contributed by atoms with Gasteiger partial charge in [-0.2, -0.15) is 5.10 Å². The molecule has 3 aromatic rings. The number of carbonyl (C=O) groups excluding carboxylic acids is 1. The molecule has 0 aliphatic carbocycles. The first-order valence-corrected chi connectivity index (χ1v) is 10.4. The number of nitrogens with zero attached hydrogens (tertiary/aromatic N) is 5. The second-order valence-corrected chi connectivity index (χ2v) is 7.98. The molecule has 2 N–H and O–H groups in total. The molecular weight excluding hydrogens is 396 g/mol. The van der Waals surface area contributed by atoms with Gasteiger partial charge in [0.1, 0.15) is 12.7 Å². The number of nitrogens with two attached hydrogens (primary N) is 1. The van der Waals surface area contributed by atoms with Crippen molar-refractivity contribution in [2.24, 2.45) is 5.92 Å². The van der Waals surface area contributed by atoms with Crippen LogP contribution in [-0.2, 0) is 11.3 Å². The Hall–Kier alpha value is -3.36. The van der Waals surface area contributed by atoms with Gasteiger partial charge in [-0.15, -0.1) is 0 Å². The summed E-state index contributed by atoms with van der Waals surface area (Å²) in [6.45, 7) is 3.84. The van der Waals surface area contributed by atoms with E-state index in [0.717, 1.165) is 29.4 Å². The van der Waals surface area contributed by atoms with Crippen LogP contribution in [0.3, 0.4) is 0 Å². The number of likely N-dealkylation sites (tertiary alicyclic amines) is 1. The molecule has 9 heteroatoms. The van der Waals surface area contributed by atoms with E-state index in [4.69, 9.17) is 20.2 Å². The van der Waals surface area contributed by atoms with Gasteiger partial charge in [-0.05, 0) is 25.0 Å². The van der Waals surface area contributed by atoms with E-state index in [1.165, 1.54) is 6.33 Å². The lowest BCUT2D eigenvalue weighted by molar-refractivity contribution is -0.136. The van der Waals surface area contributed by atoms with Crippen molar-refractivity contribution >= 4 is 22.5 Å². The van der Waals surface area contributed by atoms with E-state index < -0.39 is 0 Å². The predicted molar refractivity (Wildman–Crippen MR) is 117 cm³/mol. The Bertz CT molecular complexity index is 1060. The first kappa shape index (κ1) is 20.9. The highest BCUT2D eigenvalue weighted by molar-refractivity contribution is 5.86. The number of pyridine rings is 1. The van der Waals surface area contributed by atoms with Gasteiger partial charge in [0.05, 0.1) is 43.6 Å². The lowest BCUT2D eigenvalue weighted by Crippen LogP contribution is -2.41. The highest BCUT2D eigenvalue weighted by Crippen LogP contribution is 2.36. The molecule has 4 rings (SSSR count). The van der Waals surface area contributed by atoms with Crippen molar-refractivity contribution in [3.63, 3.8) is 0 Å². The van der Waals surface area contributed by atoms with Crippen LogP contribution in [-0.4, -0.2) is 57.9 Å². The lowest BCUT2D eigenvalue weighted by Gasteiger charge is -2.33. The molecule has 1 atom stereocenters. The molecular formula is C22H28N6O3. The van der Waals surface area contributed by atoms with E-state index >= 15 is 0 Å². The zero-order valence-electron chi connectivity index (χ0n) is 18.1. The molecule has 164 valence electrons. The van der Waals surface area contributed by atoms with Crippen LogP contribution in [0.4, 0.5) is 5.69 Å². The van der Waals surface area contributed by atoms with Crippen LogP contribution in [0.1, 0.15) is 31.4 Å². The number of rotatable bonds is 6. The molecule has 0 spiro atoms. The molecule has 0 bridgehead atoms. The Labute approximate surface area is 181 Å². The van der Waals surface area contributed by atoms with Crippen molar-refractivity contribution in [2.45, 2.75) is 32.2 Å². The molecule has 3 heterocycles. The number of fused-ring (bicyclic) bond motifs is 1. The molecule has 2 aromatic heterocycles. The Morgan fingerprint density at radius 2 is 1.90 bits per heavy atom. The van der Waals surface area contributed by atoms with E-state index in [1.807, 2.05) is 30.0 Å². The van der Waals surface area contributed by atoms with Gasteiger partial charge in [-0.25, -0.2) is 4.98 Å². The second-order valence-electron chi connectivity index (χ2n) is 7.98. The van der Waals surface area contributed by atoms with Crippen molar-refractivity contribution in [2.75, 3.05) is 33.0 Å². The van der Waals surface area contributed by atoms with Crippen LogP contribution in [0.5, 0.6) is 11.5 Å². The van der Waals surface area contributed by atoms with Crippen molar-refractivity contribution in [3.8, 4) is 11.5 Å². The summed E-state index contributed by atoms with van der Waals surface area (Å²) >= 11 is 0. The first-order chi connectivity index (χ1) is 15.0. The molecule has 1 saturated heterocycles. The van der Waals surface area contributed by atoms with Crippen molar-refractivity contribution in [1.82, 2.24) is 24.6 Å². The van der Waals surface area contributed by atoms with Crippen molar-refractivity contribution in [3.05, 3.63) is 36.5 Å². The number of piperidine rings is 1. The highest BCUT2D eigenvalue weighted by Gasteiger charge is 2.28. The molecule has 0 saturated carbocycles. The summed E-state index contributed by atoms with van der Waals surface area (Å²) in [5.41, 5.74) is 8.75. The minimum atomic E-state index is -0.149. The maximum atomic E-state index is 12.8. The Balaban J connectivity index is 1.46. The molecule has 1 aliphatic rings. The van der Waals surface area contributed by atoms with E-state index in [0.29, 0.717) is 36.8 Å². The SMILES string of the molecule is COc1cc2cc(N)c(C3CCN(C(=O)[C@@H](C)Cn4cncn4)CC3)nc2cc1OC. The van der Waals surface area contributed by atoms with Crippen LogP contribution in [0.15, 0.2) is 30.9 Å². The van der Waals surface area contributed by atoms with Crippen molar-refractivity contribution in [1.29, 1.82) is 0 Å². The summed E-state index contributed by atoms with van der Waals surface area (Å²) in [5.74, 6) is 1.50. The van der Waals surface area contributed by atoms with Crippen LogP contribution in [0, 0.1) is 5.92 Å². The number of anilines is 1. The van der Waals surface area contributed by atoms with Gasteiger partial charge >= 0.3 is 0 Å². The maximum Gasteiger partial charge on any atom is 0.227 e. The number of aromatic nitrogens is 4. The third-order valence-electron chi connectivity index (χ3n) is 5.92. The molecule has 9 nitrogen and oxygen atoms in total. The lowest BCUT2D eigenvalue weighted by atomic mass is 9.91. The quantitative estimate of drug-likeness (QED) is 0.647. The fourth-order valence-electron chi connectivity index (χ4n) is 4.23. The highest BCUT2D eigenvalue weighted by atomic mass is 16.5. The van der Waals surface area contributed by atoms with Gasteiger partial charge in [0.25, 0.3) is 0 Å². The average molecular weight is 425 g/mol. The Morgan fingerprint density at radius 1 is 1.19 bits per heavy atom. The molecule has 0 radical (unpaired) electrons. The van der Waals surface area contributed by atoms with Crippen LogP contribution in [0.2, 0.25) is 0 Å². The summed E-state index contributed by atoms with van der Waals surface area (Å²) in [6, 6.07) is 5.71. The topological polar surface area (TPSA) is 108 Å². The Morgan fingerprint density at radius 3 is 2.55 bits per heavy atom. The fraction of sp³-hybridized carbons (Fsp3) is 0.455. The van der Waals surface area contributed by atoms with Crippen LogP contribution >= 0.6 is 0 Å². The third kappa shape index (κ3) is 4.26. The first-order valence-electron chi connectivity index (χ1n) is 10.4. The molecule has 1 amide bonds. The van der Waals surface area contributed by atoms with Gasteiger partial charge < -0.3 is 20.1 Å². The number of hydrogen-bond donors (Lipinski definition) is 1. The van der Waals surface area contributed by atoms with E-state index in [-0.39, 0.29) is 17.7 Å². The van der Waals surface area contributed by atoms with E-state index in [1.54, 1.807) is 25.2 Å². The van der Waals surface area contributed by atoms with Crippen molar-refractivity contribution < 1.29 is 14.3 Å².